The van der Waals surface area contributed by atoms with Gasteiger partial charge in [-0.2, -0.15) is 5.10 Å². The molecule has 76 valence electrons. The van der Waals surface area contributed by atoms with Crippen LogP contribution in [-0.4, -0.2) is 27.1 Å². The zero-order valence-electron chi connectivity index (χ0n) is 8.10. The van der Waals surface area contributed by atoms with E-state index in [2.05, 4.69) is 5.10 Å². The van der Waals surface area contributed by atoms with Crippen LogP contribution in [0.25, 0.3) is 0 Å². The smallest absolute Gasteiger partial charge is 0.328 e. The number of aldehydes is 1. The first-order valence-corrected chi connectivity index (χ1v) is 4.33. The number of rotatable bonds is 4. The summed E-state index contributed by atoms with van der Waals surface area (Å²) in [6.07, 6.45) is 2.58. The van der Waals surface area contributed by atoms with Gasteiger partial charge in [0.2, 0.25) is 0 Å². The van der Waals surface area contributed by atoms with Crippen molar-refractivity contribution in [3.05, 3.63) is 17.5 Å². The van der Waals surface area contributed by atoms with Crippen LogP contribution in [0, 0.1) is 6.92 Å². The number of carboxylic acids is 1. The molecule has 1 heterocycles. The van der Waals surface area contributed by atoms with Crippen LogP contribution in [0.3, 0.4) is 0 Å². The lowest BCUT2D eigenvalue weighted by atomic mass is 10.2. The molecule has 1 aromatic heterocycles. The molecule has 0 saturated carbocycles. The molecule has 0 saturated heterocycles. The maximum Gasteiger partial charge on any atom is 0.328 e. The Balaban J connectivity index is 3.05. The molecule has 0 fully saturated rings. The number of carbonyl (C=O) groups excluding carboxylic acids is 1. The molecule has 5 heteroatoms. The number of aromatic nitrogens is 2. The third-order valence-electron chi connectivity index (χ3n) is 2.07. The molecule has 0 aromatic carbocycles. The van der Waals surface area contributed by atoms with Gasteiger partial charge in [-0.1, -0.05) is 6.92 Å². The lowest BCUT2D eigenvalue weighted by molar-refractivity contribution is -0.141. The van der Waals surface area contributed by atoms with Crippen LogP contribution in [0.2, 0.25) is 0 Å². The van der Waals surface area contributed by atoms with Crippen molar-refractivity contribution in [2.45, 2.75) is 26.3 Å². The van der Waals surface area contributed by atoms with Gasteiger partial charge in [0, 0.05) is 6.20 Å². The average molecular weight is 196 g/mol. The van der Waals surface area contributed by atoms with Crippen molar-refractivity contribution in [1.82, 2.24) is 9.78 Å². The van der Waals surface area contributed by atoms with Crippen molar-refractivity contribution >= 4 is 12.3 Å². The number of carbonyl (C=O) groups is 2. The van der Waals surface area contributed by atoms with Gasteiger partial charge in [-0.15, -0.1) is 0 Å². The van der Waals surface area contributed by atoms with Gasteiger partial charge < -0.3 is 5.11 Å². The minimum atomic E-state index is -0.938. The van der Waals surface area contributed by atoms with Crippen molar-refractivity contribution in [1.29, 1.82) is 0 Å². The number of aliphatic carboxylic acids is 1. The van der Waals surface area contributed by atoms with Crippen LogP contribution >= 0.6 is 0 Å². The molecule has 0 spiro atoms. The Morgan fingerprint density at radius 2 is 2.43 bits per heavy atom. The Morgan fingerprint density at radius 1 is 1.79 bits per heavy atom. The second-order valence-corrected chi connectivity index (χ2v) is 3.03. The molecule has 1 aromatic rings. The summed E-state index contributed by atoms with van der Waals surface area (Å²) in [5, 5.41) is 12.8. The highest BCUT2D eigenvalue weighted by Gasteiger charge is 2.19. The van der Waals surface area contributed by atoms with Crippen molar-refractivity contribution in [2.75, 3.05) is 0 Å². The van der Waals surface area contributed by atoms with Gasteiger partial charge in [0.1, 0.15) is 6.04 Å². The Bertz CT molecular complexity index is 357. The Labute approximate surface area is 81.3 Å². The summed E-state index contributed by atoms with van der Waals surface area (Å²) in [5.74, 6) is -0.938. The van der Waals surface area contributed by atoms with Gasteiger partial charge >= 0.3 is 5.97 Å². The fourth-order valence-corrected chi connectivity index (χ4v) is 1.25. The van der Waals surface area contributed by atoms with Gasteiger partial charge in [0.25, 0.3) is 0 Å². The topological polar surface area (TPSA) is 72.2 Å². The second-order valence-electron chi connectivity index (χ2n) is 3.03. The molecule has 0 radical (unpaired) electrons. The van der Waals surface area contributed by atoms with Crippen LogP contribution in [0.1, 0.15) is 35.4 Å². The molecule has 14 heavy (non-hydrogen) atoms. The van der Waals surface area contributed by atoms with E-state index in [1.165, 1.54) is 10.9 Å². The number of aryl methyl sites for hydroxylation is 1. The van der Waals surface area contributed by atoms with E-state index in [0.29, 0.717) is 24.0 Å². The number of nitrogens with zero attached hydrogens (tertiary/aromatic N) is 2. The van der Waals surface area contributed by atoms with Crippen molar-refractivity contribution in [3.8, 4) is 0 Å². The number of carboxylic acid groups (broad SMARTS) is 1. The highest BCUT2D eigenvalue weighted by molar-refractivity contribution is 5.76. The summed E-state index contributed by atoms with van der Waals surface area (Å²) in [7, 11) is 0. The Kier molecular flexibility index (Phi) is 3.01. The minimum absolute atomic E-state index is 0.435. The average Bonchev–Trinajstić information content (AvgIpc) is 2.47. The first-order valence-electron chi connectivity index (χ1n) is 4.33. The predicted octanol–water partition coefficient (Wildman–Crippen LogP) is 1.04. The monoisotopic (exact) mass is 196 g/mol. The lowest BCUT2D eigenvalue weighted by Crippen LogP contribution is -2.18. The number of hydrogen-bond donors (Lipinski definition) is 1. The second kappa shape index (κ2) is 4.04. The molecule has 0 bridgehead atoms. The third-order valence-corrected chi connectivity index (χ3v) is 2.07. The van der Waals surface area contributed by atoms with Crippen LogP contribution in [0.5, 0.6) is 0 Å². The molecule has 1 rings (SSSR count). The van der Waals surface area contributed by atoms with E-state index in [1.807, 2.05) is 0 Å². The van der Waals surface area contributed by atoms with Crippen LogP contribution in [0.4, 0.5) is 0 Å². The van der Waals surface area contributed by atoms with E-state index in [4.69, 9.17) is 5.11 Å². The summed E-state index contributed by atoms with van der Waals surface area (Å²) >= 11 is 0. The summed E-state index contributed by atoms with van der Waals surface area (Å²) in [4.78, 5) is 21.3. The maximum absolute atomic E-state index is 10.8. The third kappa shape index (κ3) is 1.81. The summed E-state index contributed by atoms with van der Waals surface area (Å²) < 4.78 is 1.32. The van der Waals surface area contributed by atoms with Crippen molar-refractivity contribution in [2.24, 2.45) is 0 Å². The van der Waals surface area contributed by atoms with E-state index in [0.717, 1.165) is 0 Å². The van der Waals surface area contributed by atoms with Crippen LogP contribution in [-0.2, 0) is 4.79 Å². The zero-order chi connectivity index (χ0) is 10.7. The fourth-order valence-electron chi connectivity index (χ4n) is 1.25. The molecule has 1 atom stereocenters. The first-order chi connectivity index (χ1) is 6.60. The summed E-state index contributed by atoms with van der Waals surface area (Å²) in [6.45, 7) is 3.44. The maximum atomic E-state index is 10.8. The molecule has 1 unspecified atom stereocenters. The highest BCUT2D eigenvalue weighted by Crippen LogP contribution is 2.13. The Hall–Kier alpha value is -1.65. The van der Waals surface area contributed by atoms with Crippen molar-refractivity contribution in [3.63, 3.8) is 0 Å². The summed E-state index contributed by atoms with van der Waals surface area (Å²) in [5.41, 5.74) is 0.990. The van der Waals surface area contributed by atoms with E-state index < -0.39 is 12.0 Å². The van der Waals surface area contributed by atoms with E-state index >= 15 is 0 Å². The van der Waals surface area contributed by atoms with Gasteiger partial charge in [0.15, 0.2) is 6.29 Å². The van der Waals surface area contributed by atoms with E-state index in [9.17, 15) is 9.59 Å². The molecular formula is C9H12N2O3. The van der Waals surface area contributed by atoms with Crippen LogP contribution in [0.15, 0.2) is 6.20 Å². The van der Waals surface area contributed by atoms with Crippen LogP contribution < -0.4 is 0 Å². The van der Waals surface area contributed by atoms with Gasteiger partial charge in [-0.25, -0.2) is 4.79 Å². The quantitative estimate of drug-likeness (QED) is 0.730. The van der Waals surface area contributed by atoms with Gasteiger partial charge in [-0.3, -0.25) is 9.48 Å². The van der Waals surface area contributed by atoms with Gasteiger partial charge in [-0.05, 0) is 13.3 Å². The highest BCUT2D eigenvalue weighted by atomic mass is 16.4. The summed E-state index contributed by atoms with van der Waals surface area (Å²) in [6, 6.07) is -0.692. The predicted molar refractivity (Wildman–Crippen MR) is 49.3 cm³/mol. The molecule has 0 aliphatic carbocycles. The first kappa shape index (κ1) is 10.4. The molecule has 0 aliphatic rings. The SMILES string of the molecule is CCC(C(=O)O)n1cc(C=O)c(C)n1. The molecule has 5 nitrogen and oxygen atoms in total. The minimum Gasteiger partial charge on any atom is -0.480 e. The zero-order valence-corrected chi connectivity index (χ0v) is 8.10. The standard InChI is InChI=1S/C9H12N2O3/c1-3-8(9(13)14)11-4-7(5-12)6(2)10-11/h4-5,8H,3H2,1-2H3,(H,13,14). The lowest BCUT2D eigenvalue weighted by Gasteiger charge is -2.09. The molecule has 0 aliphatic heterocycles. The fraction of sp³-hybridized carbons (Fsp3) is 0.444. The Morgan fingerprint density at radius 3 is 2.79 bits per heavy atom. The largest absolute Gasteiger partial charge is 0.480 e. The molecule has 1 N–H and O–H groups in total. The molecular weight excluding hydrogens is 184 g/mol. The van der Waals surface area contributed by atoms with Crippen molar-refractivity contribution < 1.29 is 14.7 Å². The normalized spacial score (nSPS) is 12.4. The van der Waals surface area contributed by atoms with Gasteiger partial charge in [0.05, 0.1) is 11.3 Å². The van der Waals surface area contributed by atoms with E-state index in [1.54, 1.807) is 13.8 Å². The number of hydrogen-bond acceptors (Lipinski definition) is 3. The van der Waals surface area contributed by atoms with E-state index in [-0.39, 0.29) is 0 Å². The molecule has 0 amide bonds.